The summed E-state index contributed by atoms with van der Waals surface area (Å²) in [5.41, 5.74) is -0.876. The Labute approximate surface area is 204 Å². The maximum atomic E-state index is 10.7. The molecule has 0 aromatic heterocycles. The molecule has 1 atom stereocenters. The molecule has 0 bridgehead atoms. The predicted molar refractivity (Wildman–Crippen MR) is 56.4 cm³/mol. The fourth-order valence-electron chi connectivity index (χ4n) is 0.837. The van der Waals surface area contributed by atoms with Crippen LogP contribution < -0.4 is 113 Å². The number of carbonyl (C=O) groups is 3. The molecule has 1 unspecified atom stereocenters. The fourth-order valence-corrected chi connectivity index (χ4v) is 1.17. The molecule has 20 heavy (non-hydrogen) atoms. The Balaban J connectivity index is -0.000000126. The summed E-state index contributed by atoms with van der Waals surface area (Å²) in [6.45, 7) is 1.61. The summed E-state index contributed by atoms with van der Waals surface area (Å²) in [4.78, 5) is 32.3. The monoisotopic (exact) mass is 357 g/mol. The number of carboxylic acid groups (broad SMARTS) is 3. The van der Waals surface area contributed by atoms with Crippen LogP contribution in [0.5, 0.6) is 0 Å². The van der Waals surface area contributed by atoms with Gasteiger partial charge in [-0.05, 0) is 13.0 Å². The molecule has 0 radical (unpaired) electrons. The van der Waals surface area contributed by atoms with Crippen LogP contribution in [0.3, 0.4) is 0 Å². The summed E-state index contributed by atoms with van der Waals surface area (Å²) in [6.07, 6.45) is 3.25. The van der Waals surface area contributed by atoms with E-state index in [1.54, 1.807) is 13.0 Å². The van der Waals surface area contributed by atoms with Crippen LogP contribution in [0.4, 0.5) is 0 Å². The van der Waals surface area contributed by atoms with Crippen LogP contribution >= 0.6 is 11.6 Å². The zero-order valence-electron chi connectivity index (χ0n) is 11.2. The summed E-state index contributed by atoms with van der Waals surface area (Å²) in [6, 6.07) is 0. The van der Waals surface area contributed by atoms with Gasteiger partial charge in [-0.2, -0.15) is 0 Å². The number of halogens is 1. The van der Waals surface area contributed by atoms with Gasteiger partial charge in [-0.15, -0.1) is 0 Å². The van der Waals surface area contributed by atoms with E-state index in [2.05, 4.69) is 4.99 Å². The number of rotatable bonds is 1. The van der Waals surface area contributed by atoms with Gasteiger partial charge in [0, 0.05) is 12.6 Å². The van der Waals surface area contributed by atoms with Crippen LogP contribution in [0.1, 0.15) is 13.3 Å². The minimum absolute atomic E-state index is 0. The maximum absolute atomic E-state index is 10.7. The van der Waals surface area contributed by atoms with E-state index >= 15 is 0 Å². The van der Waals surface area contributed by atoms with Crippen molar-refractivity contribution < 1.29 is 138 Å². The number of carboxylic acids is 3. The molecule has 102 valence electrons. The Bertz CT molecular complexity index is 401. The quantitative estimate of drug-likeness (QED) is 0.362. The van der Waals surface area contributed by atoms with Crippen molar-refractivity contribution in [1.29, 1.82) is 0 Å². The van der Waals surface area contributed by atoms with Crippen molar-refractivity contribution in [2.24, 2.45) is 10.4 Å². The minimum atomic E-state index is -2.19. The largest absolute Gasteiger partial charge is 1.00 e. The third-order valence-electron chi connectivity index (χ3n) is 1.83. The molecule has 1 aliphatic rings. The molecule has 3 N–H and O–H groups in total. The Hall–Kier alpha value is 1.34. The molecule has 8 nitrogen and oxygen atoms in total. The first-order valence-corrected chi connectivity index (χ1v) is 4.62. The topological polar surface area (TPSA) is 161 Å². The average Bonchev–Trinajstić information content (AvgIpc) is 2.17. The van der Waals surface area contributed by atoms with Crippen molar-refractivity contribution >= 4 is 34.7 Å². The second kappa shape index (κ2) is 14.0. The first-order chi connectivity index (χ1) is 7.69. The summed E-state index contributed by atoms with van der Waals surface area (Å²) in [5, 5.41) is 26.9. The molecular weight excluding hydrogens is 348 g/mol. The summed E-state index contributed by atoms with van der Waals surface area (Å²) >= 11 is 5.58. The molecule has 0 aromatic rings. The Morgan fingerprint density at radius 1 is 1.30 bits per heavy atom. The van der Waals surface area contributed by atoms with Gasteiger partial charge in [0.25, 0.3) is 0 Å². The van der Waals surface area contributed by atoms with E-state index in [1.165, 1.54) is 6.20 Å². The summed E-state index contributed by atoms with van der Waals surface area (Å²) < 4.78 is 0. The smallest absolute Gasteiger partial charge is 0.543 e. The Morgan fingerprint density at radius 2 is 1.70 bits per heavy atom. The second-order valence-electron chi connectivity index (χ2n) is 3.30. The zero-order valence-corrected chi connectivity index (χ0v) is 18.2. The Kier molecular flexibility index (Phi) is 20.5. The van der Waals surface area contributed by atoms with Gasteiger partial charge in [-0.25, -0.2) is 4.99 Å². The first-order valence-electron chi connectivity index (χ1n) is 4.24. The molecule has 0 amide bonds. The zero-order chi connectivity index (χ0) is 13.6. The third-order valence-corrected chi connectivity index (χ3v) is 2.06. The van der Waals surface area contributed by atoms with Crippen molar-refractivity contribution in [3.05, 3.63) is 12.3 Å². The van der Waals surface area contributed by atoms with Gasteiger partial charge in [-0.3, -0.25) is 4.79 Å². The first kappa shape index (κ1) is 29.4. The van der Waals surface area contributed by atoms with E-state index in [0.29, 0.717) is 5.17 Å². The standard InChI is InChI=1S/C7H8ClNO2.C2H2O4.2K.H2O/c1-7(6(10)11)2-3-9-5(8)4-7;3-1(4)2(5)6;;;/h2-3H,4H2,1H3,(H,10,11);(H,3,4)(H,5,6);;;1H2/q;;2*+1;/p-2. The van der Waals surface area contributed by atoms with Gasteiger partial charge >= 0.3 is 109 Å². The predicted octanol–water partition coefficient (Wildman–Crippen LogP) is -8.70. The molecule has 11 heteroatoms. The molecule has 0 spiro atoms. The number of hydrogen-bond donors (Lipinski definition) is 1. The van der Waals surface area contributed by atoms with Crippen LogP contribution in [0.25, 0.3) is 0 Å². The SMILES string of the molecule is CC1(C(=O)O)C=CN=C(Cl)C1.O.O=C([O-])C(=O)[O-].[K+].[K+]. The van der Waals surface area contributed by atoms with E-state index in [0.717, 1.165) is 0 Å². The molecule has 0 aromatic carbocycles. The average molecular weight is 358 g/mol. The summed E-state index contributed by atoms with van der Waals surface area (Å²) in [7, 11) is 0. The van der Waals surface area contributed by atoms with Gasteiger partial charge < -0.3 is 30.4 Å². The summed E-state index contributed by atoms with van der Waals surface area (Å²) in [5.74, 6) is -5.24. The molecule has 1 rings (SSSR count). The van der Waals surface area contributed by atoms with Gasteiger partial charge in [0.05, 0.1) is 17.4 Å². The van der Waals surface area contributed by atoms with E-state index in [-0.39, 0.29) is 115 Å². The van der Waals surface area contributed by atoms with E-state index in [9.17, 15) is 4.79 Å². The second-order valence-corrected chi connectivity index (χ2v) is 3.73. The van der Waals surface area contributed by atoms with E-state index in [1.807, 2.05) is 0 Å². The molecule has 0 saturated heterocycles. The number of aliphatic carboxylic acids is 3. The Morgan fingerprint density at radius 3 is 1.90 bits per heavy atom. The van der Waals surface area contributed by atoms with Crippen LogP contribution in [0, 0.1) is 5.41 Å². The number of nitrogens with zero attached hydrogens (tertiary/aromatic N) is 1. The van der Waals surface area contributed by atoms with Crippen molar-refractivity contribution in [3.63, 3.8) is 0 Å². The van der Waals surface area contributed by atoms with Gasteiger partial charge in [0.2, 0.25) is 0 Å². The van der Waals surface area contributed by atoms with E-state index < -0.39 is 23.3 Å². The van der Waals surface area contributed by atoms with Crippen LogP contribution in [0.2, 0.25) is 0 Å². The number of aliphatic imine (C=N–C) groups is 1. The molecule has 0 aliphatic carbocycles. The van der Waals surface area contributed by atoms with Crippen LogP contribution in [-0.4, -0.2) is 33.7 Å². The van der Waals surface area contributed by atoms with Crippen LogP contribution in [0.15, 0.2) is 17.3 Å². The minimum Gasteiger partial charge on any atom is -0.543 e. The van der Waals surface area contributed by atoms with Gasteiger partial charge in [0.1, 0.15) is 5.17 Å². The van der Waals surface area contributed by atoms with Crippen molar-refractivity contribution in [2.75, 3.05) is 0 Å². The van der Waals surface area contributed by atoms with Gasteiger partial charge in [-0.1, -0.05) is 11.6 Å². The van der Waals surface area contributed by atoms with Crippen LogP contribution in [-0.2, 0) is 14.4 Å². The van der Waals surface area contributed by atoms with Gasteiger partial charge in [0.15, 0.2) is 0 Å². The van der Waals surface area contributed by atoms with Crippen molar-refractivity contribution in [1.82, 2.24) is 0 Å². The molecular formula is C9H10ClK2NO7. The number of carbonyl (C=O) groups excluding carboxylic acids is 2. The van der Waals surface area contributed by atoms with E-state index in [4.69, 9.17) is 36.5 Å². The molecule has 0 fully saturated rings. The third kappa shape index (κ3) is 11.9. The fraction of sp³-hybridized carbons (Fsp3) is 0.333. The number of hydrogen-bond acceptors (Lipinski definition) is 6. The van der Waals surface area contributed by atoms with Crippen molar-refractivity contribution in [3.8, 4) is 0 Å². The molecule has 1 aliphatic heterocycles. The molecule has 0 saturated carbocycles. The normalized spacial score (nSPS) is 18.6. The maximum Gasteiger partial charge on any atom is 1.00 e. The van der Waals surface area contributed by atoms with Crippen molar-refractivity contribution in [2.45, 2.75) is 13.3 Å². The molecule has 1 heterocycles.